The molecule has 1 aliphatic rings. The van der Waals surface area contributed by atoms with Crippen molar-refractivity contribution in [3.8, 4) is 0 Å². The normalized spacial score (nSPS) is 15.6. The molecule has 9 heteroatoms. The first-order valence-electron chi connectivity index (χ1n) is 8.80. The van der Waals surface area contributed by atoms with E-state index in [-0.39, 0.29) is 11.4 Å². The Morgan fingerprint density at radius 1 is 1.18 bits per heavy atom. The number of nitro groups is 1. The summed E-state index contributed by atoms with van der Waals surface area (Å²) in [6, 6.07) is 12.3. The number of pyridine rings is 1. The second-order valence-electron chi connectivity index (χ2n) is 6.58. The monoisotopic (exact) mass is 398 g/mol. The fraction of sp³-hybridized carbons (Fsp3) is 0.211. The van der Waals surface area contributed by atoms with Crippen LogP contribution in [-0.2, 0) is 16.6 Å². The molecule has 8 nitrogen and oxygen atoms in total. The number of fused-ring (bicyclic) bond motifs is 1. The molecule has 0 atom stereocenters. The fourth-order valence-electron chi connectivity index (χ4n) is 3.44. The van der Waals surface area contributed by atoms with Crippen molar-refractivity contribution in [1.82, 2.24) is 4.98 Å². The zero-order valence-electron chi connectivity index (χ0n) is 14.9. The number of nitrogens with one attached hydrogen (secondary N) is 1. The van der Waals surface area contributed by atoms with Crippen molar-refractivity contribution in [3.05, 3.63) is 70.5 Å². The molecule has 28 heavy (non-hydrogen) atoms. The van der Waals surface area contributed by atoms with Crippen molar-refractivity contribution in [2.75, 3.05) is 21.9 Å². The summed E-state index contributed by atoms with van der Waals surface area (Å²) in [4.78, 5) is 14.8. The van der Waals surface area contributed by atoms with E-state index in [0.29, 0.717) is 36.0 Å². The molecule has 2 heterocycles. The Hall–Kier alpha value is -3.20. The number of sulfonamides is 1. The molecule has 144 valence electrons. The number of non-ortho nitro benzene ring substituents is 1. The van der Waals surface area contributed by atoms with Crippen LogP contribution in [0.2, 0.25) is 0 Å². The number of aromatic nitrogens is 1. The number of rotatable bonds is 5. The van der Waals surface area contributed by atoms with Gasteiger partial charge in [-0.2, -0.15) is 0 Å². The Bertz CT molecular complexity index is 1160. The summed E-state index contributed by atoms with van der Waals surface area (Å²) in [5.74, 6) is 0.179. The summed E-state index contributed by atoms with van der Waals surface area (Å²) >= 11 is 0. The molecule has 0 unspecified atom stereocenters. The lowest BCUT2D eigenvalue weighted by Crippen LogP contribution is -2.25. The first-order valence-corrected chi connectivity index (χ1v) is 10.4. The Kier molecular flexibility index (Phi) is 4.60. The van der Waals surface area contributed by atoms with Gasteiger partial charge in [-0.15, -0.1) is 0 Å². The third kappa shape index (κ3) is 3.36. The van der Waals surface area contributed by atoms with Gasteiger partial charge >= 0.3 is 0 Å². The maximum Gasteiger partial charge on any atom is 0.278 e. The molecule has 0 spiro atoms. The molecule has 0 amide bonds. The molecule has 1 fully saturated rings. The van der Waals surface area contributed by atoms with Crippen LogP contribution < -0.4 is 9.62 Å². The lowest BCUT2D eigenvalue weighted by Gasteiger charge is -2.18. The van der Waals surface area contributed by atoms with Crippen molar-refractivity contribution in [2.24, 2.45) is 0 Å². The SMILES string of the molecule is O=[N+]([O-])c1ccc(NCc2cccc(N3CCCS3(=O)=O)c2)c2ccncc12. The second kappa shape index (κ2) is 7.08. The standard InChI is InChI=1S/C19H18N4O4S/c24-23(25)19-6-5-18(16-7-8-20-13-17(16)19)21-12-14-3-1-4-15(11-14)22-9-2-10-28(22,26)27/h1,3-8,11,13,21H,2,9-10,12H2. The number of hydrogen-bond donors (Lipinski definition) is 1. The minimum atomic E-state index is -3.22. The van der Waals surface area contributed by atoms with Crippen molar-refractivity contribution >= 4 is 37.9 Å². The number of anilines is 2. The van der Waals surface area contributed by atoms with Crippen LogP contribution in [0.4, 0.5) is 17.1 Å². The molecule has 0 radical (unpaired) electrons. The lowest BCUT2D eigenvalue weighted by atomic mass is 10.1. The van der Waals surface area contributed by atoms with Crippen LogP contribution in [0.1, 0.15) is 12.0 Å². The molecule has 0 bridgehead atoms. The molecule has 0 saturated carbocycles. The van der Waals surface area contributed by atoms with Gasteiger partial charge in [-0.05, 0) is 36.2 Å². The summed E-state index contributed by atoms with van der Waals surface area (Å²) in [6.07, 6.45) is 3.71. The minimum Gasteiger partial charge on any atom is -0.380 e. The first-order chi connectivity index (χ1) is 13.5. The van der Waals surface area contributed by atoms with Gasteiger partial charge in [-0.1, -0.05) is 12.1 Å². The second-order valence-corrected chi connectivity index (χ2v) is 8.59. The van der Waals surface area contributed by atoms with Gasteiger partial charge in [0.15, 0.2) is 0 Å². The van der Waals surface area contributed by atoms with Gasteiger partial charge in [0.1, 0.15) is 0 Å². The van der Waals surface area contributed by atoms with Crippen LogP contribution in [0.3, 0.4) is 0 Å². The van der Waals surface area contributed by atoms with Crippen LogP contribution in [0, 0.1) is 10.1 Å². The van der Waals surface area contributed by atoms with E-state index in [0.717, 1.165) is 11.3 Å². The van der Waals surface area contributed by atoms with Gasteiger partial charge in [0.25, 0.3) is 5.69 Å². The molecule has 1 N–H and O–H groups in total. The average molecular weight is 398 g/mol. The van der Waals surface area contributed by atoms with E-state index >= 15 is 0 Å². The van der Waals surface area contributed by atoms with Crippen molar-refractivity contribution in [1.29, 1.82) is 0 Å². The van der Waals surface area contributed by atoms with Crippen LogP contribution >= 0.6 is 0 Å². The van der Waals surface area contributed by atoms with Gasteiger partial charge in [0.2, 0.25) is 10.0 Å². The van der Waals surface area contributed by atoms with Gasteiger partial charge in [-0.3, -0.25) is 19.4 Å². The summed E-state index contributed by atoms with van der Waals surface area (Å²) in [7, 11) is -3.22. The smallest absolute Gasteiger partial charge is 0.278 e. The van der Waals surface area contributed by atoms with Crippen LogP contribution in [0.25, 0.3) is 10.8 Å². The Labute approximate surface area is 162 Å². The summed E-state index contributed by atoms with van der Waals surface area (Å²) in [5, 5.41) is 15.7. The third-order valence-electron chi connectivity index (χ3n) is 4.77. The predicted octanol–water partition coefficient (Wildman–Crippen LogP) is 3.30. The van der Waals surface area contributed by atoms with Crippen molar-refractivity contribution in [3.63, 3.8) is 0 Å². The topological polar surface area (TPSA) is 105 Å². The highest BCUT2D eigenvalue weighted by atomic mass is 32.2. The van der Waals surface area contributed by atoms with Crippen molar-refractivity contribution in [2.45, 2.75) is 13.0 Å². The molecule has 1 aliphatic heterocycles. The average Bonchev–Trinajstić information content (AvgIpc) is 3.05. The molecule has 2 aromatic carbocycles. The highest BCUT2D eigenvalue weighted by molar-refractivity contribution is 7.93. The number of nitro benzene ring substituents is 1. The fourth-order valence-corrected chi connectivity index (χ4v) is 4.99. The Morgan fingerprint density at radius 3 is 2.79 bits per heavy atom. The number of benzene rings is 2. The molecule has 1 aromatic heterocycles. The summed E-state index contributed by atoms with van der Waals surface area (Å²) in [5.41, 5.74) is 2.34. The van der Waals surface area contributed by atoms with E-state index in [1.165, 1.54) is 16.6 Å². The van der Waals surface area contributed by atoms with E-state index in [1.54, 1.807) is 24.4 Å². The molecular formula is C19H18N4O4S. The predicted molar refractivity (Wildman–Crippen MR) is 108 cm³/mol. The van der Waals surface area contributed by atoms with E-state index in [1.807, 2.05) is 18.2 Å². The van der Waals surface area contributed by atoms with Crippen LogP contribution in [0.5, 0.6) is 0 Å². The van der Waals surface area contributed by atoms with Crippen LogP contribution in [-0.4, -0.2) is 30.6 Å². The number of nitrogens with zero attached hydrogens (tertiary/aromatic N) is 3. The van der Waals surface area contributed by atoms with Gasteiger partial charge < -0.3 is 5.32 Å². The van der Waals surface area contributed by atoms with E-state index in [2.05, 4.69) is 10.3 Å². The van der Waals surface area contributed by atoms with Crippen LogP contribution in [0.15, 0.2) is 54.9 Å². The minimum absolute atomic E-state index is 0.00915. The molecule has 3 aromatic rings. The molecule has 1 saturated heterocycles. The summed E-state index contributed by atoms with van der Waals surface area (Å²) < 4.78 is 25.7. The zero-order chi connectivity index (χ0) is 19.7. The maximum absolute atomic E-state index is 12.1. The zero-order valence-corrected chi connectivity index (χ0v) is 15.7. The largest absolute Gasteiger partial charge is 0.380 e. The first kappa shape index (κ1) is 18.2. The van der Waals surface area contributed by atoms with E-state index in [4.69, 9.17) is 0 Å². The van der Waals surface area contributed by atoms with E-state index < -0.39 is 14.9 Å². The van der Waals surface area contributed by atoms with Crippen molar-refractivity contribution < 1.29 is 13.3 Å². The molecule has 4 rings (SSSR count). The van der Waals surface area contributed by atoms with Gasteiger partial charge in [0, 0.05) is 42.6 Å². The quantitative estimate of drug-likeness (QED) is 0.522. The highest BCUT2D eigenvalue weighted by Crippen LogP contribution is 2.31. The van der Waals surface area contributed by atoms with Gasteiger partial charge in [0.05, 0.1) is 21.7 Å². The Morgan fingerprint density at radius 2 is 2.04 bits per heavy atom. The lowest BCUT2D eigenvalue weighted by molar-refractivity contribution is -0.383. The summed E-state index contributed by atoms with van der Waals surface area (Å²) in [6.45, 7) is 0.955. The Balaban J connectivity index is 1.60. The van der Waals surface area contributed by atoms with Gasteiger partial charge in [-0.25, -0.2) is 8.42 Å². The highest BCUT2D eigenvalue weighted by Gasteiger charge is 2.28. The molecule has 0 aliphatic carbocycles. The third-order valence-corrected chi connectivity index (χ3v) is 6.64. The number of hydrogen-bond acceptors (Lipinski definition) is 6. The maximum atomic E-state index is 12.1. The van der Waals surface area contributed by atoms with E-state index in [9.17, 15) is 18.5 Å². The molecular weight excluding hydrogens is 380 g/mol.